The Morgan fingerprint density at radius 2 is 1.68 bits per heavy atom. The third kappa shape index (κ3) is 5.28. The van der Waals surface area contributed by atoms with Gasteiger partial charge in [-0.1, -0.05) is 60.7 Å². The fourth-order valence-corrected chi connectivity index (χ4v) is 4.47. The molecule has 0 spiro atoms. The molecule has 0 aliphatic carbocycles. The lowest BCUT2D eigenvalue weighted by molar-refractivity contribution is 0.0446. The molecule has 34 heavy (non-hydrogen) atoms. The number of nitrogens with zero attached hydrogens (tertiary/aromatic N) is 4. The van der Waals surface area contributed by atoms with Gasteiger partial charge in [0.2, 0.25) is 0 Å². The van der Waals surface area contributed by atoms with E-state index < -0.39 is 11.7 Å². The van der Waals surface area contributed by atoms with E-state index in [1.54, 1.807) is 25.1 Å². The Labute approximate surface area is 199 Å². The van der Waals surface area contributed by atoms with Crippen LogP contribution < -0.4 is 0 Å². The SMILES string of the molecule is CC(C)(O)Cn1cnc(C(=O)N2CCN(C(=O)O)C[C@H]2Cc2ccccc2)c1-c1ccccc1. The highest BCUT2D eigenvalue weighted by Crippen LogP contribution is 2.28. The van der Waals surface area contributed by atoms with Crippen LogP contribution in [0.15, 0.2) is 67.0 Å². The normalized spacial score (nSPS) is 16.5. The van der Waals surface area contributed by atoms with Gasteiger partial charge in [-0.25, -0.2) is 9.78 Å². The minimum Gasteiger partial charge on any atom is -0.465 e. The summed E-state index contributed by atoms with van der Waals surface area (Å²) >= 11 is 0. The van der Waals surface area contributed by atoms with E-state index in [0.717, 1.165) is 11.1 Å². The topological polar surface area (TPSA) is 98.9 Å². The number of amides is 2. The molecule has 178 valence electrons. The number of hydrogen-bond acceptors (Lipinski definition) is 4. The average Bonchev–Trinajstić information content (AvgIpc) is 3.21. The van der Waals surface area contributed by atoms with E-state index in [1.807, 2.05) is 65.2 Å². The van der Waals surface area contributed by atoms with Gasteiger partial charge in [-0.2, -0.15) is 0 Å². The number of rotatable bonds is 6. The summed E-state index contributed by atoms with van der Waals surface area (Å²) in [7, 11) is 0. The van der Waals surface area contributed by atoms with Gasteiger partial charge in [0.25, 0.3) is 5.91 Å². The minimum atomic E-state index is -0.993. The second-order valence-corrected chi connectivity index (χ2v) is 9.32. The molecular formula is C26H30N4O4. The van der Waals surface area contributed by atoms with E-state index in [-0.39, 0.29) is 38.1 Å². The van der Waals surface area contributed by atoms with Crippen LogP contribution in [0.25, 0.3) is 11.3 Å². The van der Waals surface area contributed by atoms with E-state index >= 15 is 0 Å². The van der Waals surface area contributed by atoms with Gasteiger partial charge < -0.3 is 24.6 Å². The minimum absolute atomic E-state index is 0.237. The van der Waals surface area contributed by atoms with Crippen molar-refractivity contribution in [1.29, 1.82) is 0 Å². The van der Waals surface area contributed by atoms with E-state index in [2.05, 4.69) is 4.98 Å². The number of carboxylic acid groups (broad SMARTS) is 1. The average molecular weight is 463 g/mol. The van der Waals surface area contributed by atoms with Gasteiger partial charge >= 0.3 is 6.09 Å². The molecule has 1 atom stereocenters. The second kappa shape index (κ2) is 9.69. The fourth-order valence-electron chi connectivity index (χ4n) is 4.47. The van der Waals surface area contributed by atoms with Gasteiger partial charge in [0.1, 0.15) is 0 Å². The molecule has 0 bridgehead atoms. The van der Waals surface area contributed by atoms with Gasteiger partial charge in [-0.05, 0) is 25.8 Å². The third-order valence-electron chi connectivity index (χ3n) is 5.97. The molecule has 1 fully saturated rings. The monoisotopic (exact) mass is 462 g/mol. The largest absolute Gasteiger partial charge is 0.465 e. The molecule has 0 radical (unpaired) electrons. The van der Waals surface area contributed by atoms with Crippen molar-refractivity contribution in [2.75, 3.05) is 19.6 Å². The third-order valence-corrected chi connectivity index (χ3v) is 5.97. The molecule has 1 aliphatic rings. The Balaban J connectivity index is 1.70. The summed E-state index contributed by atoms with van der Waals surface area (Å²) in [5, 5.41) is 20.0. The Morgan fingerprint density at radius 1 is 1.03 bits per heavy atom. The Bertz CT molecular complexity index is 1140. The lowest BCUT2D eigenvalue weighted by atomic mass is 10.0. The first-order valence-electron chi connectivity index (χ1n) is 11.4. The van der Waals surface area contributed by atoms with E-state index in [0.29, 0.717) is 17.8 Å². The second-order valence-electron chi connectivity index (χ2n) is 9.32. The first-order chi connectivity index (χ1) is 16.2. The molecule has 2 amide bonds. The maximum Gasteiger partial charge on any atom is 0.407 e. The Morgan fingerprint density at radius 3 is 2.29 bits per heavy atom. The smallest absolute Gasteiger partial charge is 0.407 e. The van der Waals surface area contributed by atoms with Crippen molar-refractivity contribution in [2.45, 2.75) is 38.5 Å². The molecular weight excluding hydrogens is 432 g/mol. The van der Waals surface area contributed by atoms with Crippen LogP contribution in [-0.2, 0) is 13.0 Å². The summed E-state index contributed by atoms with van der Waals surface area (Å²) in [5.74, 6) is -0.237. The summed E-state index contributed by atoms with van der Waals surface area (Å²) in [6.45, 7) is 4.47. The standard InChI is InChI=1S/C26H30N4O4/c1-26(2,34)17-29-18-27-22(23(29)20-11-7-4-8-12-20)24(31)30-14-13-28(25(32)33)16-21(30)15-19-9-5-3-6-10-19/h3-12,18,21,34H,13-17H2,1-2H3,(H,32,33)/t21-/m1/s1. The zero-order valence-electron chi connectivity index (χ0n) is 19.5. The van der Waals surface area contributed by atoms with Crippen molar-refractivity contribution in [3.05, 3.63) is 78.2 Å². The molecule has 1 aromatic heterocycles. The molecule has 3 aromatic rings. The van der Waals surface area contributed by atoms with Crippen LogP contribution in [0, 0.1) is 0 Å². The molecule has 1 aliphatic heterocycles. The van der Waals surface area contributed by atoms with Gasteiger partial charge in [0, 0.05) is 25.2 Å². The van der Waals surface area contributed by atoms with Crippen LogP contribution in [0.1, 0.15) is 29.9 Å². The van der Waals surface area contributed by atoms with E-state index in [9.17, 15) is 19.8 Å². The van der Waals surface area contributed by atoms with Crippen molar-refractivity contribution < 1.29 is 19.8 Å². The van der Waals surface area contributed by atoms with Crippen molar-refractivity contribution in [3.63, 3.8) is 0 Å². The first-order valence-corrected chi connectivity index (χ1v) is 11.4. The van der Waals surface area contributed by atoms with Crippen LogP contribution in [-0.4, -0.2) is 72.8 Å². The lowest BCUT2D eigenvalue weighted by Crippen LogP contribution is -2.57. The maximum absolute atomic E-state index is 13.9. The molecule has 8 heteroatoms. The summed E-state index contributed by atoms with van der Waals surface area (Å²) in [4.78, 5) is 33.1. The lowest BCUT2D eigenvalue weighted by Gasteiger charge is -2.40. The van der Waals surface area contributed by atoms with Crippen LogP contribution >= 0.6 is 0 Å². The molecule has 0 saturated carbocycles. The summed E-state index contributed by atoms with van der Waals surface area (Å²) in [6, 6.07) is 19.0. The van der Waals surface area contributed by atoms with Crippen molar-refractivity contribution in [1.82, 2.24) is 19.4 Å². The van der Waals surface area contributed by atoms with Crippen LogP contribution in [0.2, 0.25) is 0 Å². The molecule has 4 rings (SSSR count). The fraction of sp³-hybridized carbons (Fsp3) is 0.346. The zero-order valence-corrected chi connectivity index (χ0v) is 19.5. The van der Waals surface area contributed by atoms with Crippen molar-refractivity contribution in [2.24, 2.45) is 0 Å². The molecule has 0 unspecified atom stereocenters. The number of imidazole rings is 1. The summed E-state index contributed by atoms with van der Waals surface area (Å²) in [5.41, 5.74) is 1.82. The van der Waals surface area contributed by atoms with Crippen molar-refractivity contribution in [3.8, 4) is 11.3 Å². The van der Waals surface area contributed by atoms with E-state index in [4.69, 9.17) is 0 Å². The zero-order chi connectivity index (χ0) is 24.3. The molecule has 2 aromatic carbocycles. The van der Waals surface area contributed by atoms with Gasteiger partial charge in [-0.15, -0.1) is 0 Å². The Kier molecular flexibility index (Phi) is 6.70. The van der Waals surface area contributed by atoms with Gasteiger partial charge in [0.05, 0.1) is 30.2 Å². The number of hydrogen-bond donors (Lipinski definition) is 2. The van der Waals surface area contributed by atoms with Crippen LogP contribution in [0.4, 0.5) is 4.79 Å². The van der Waals surface area contributed by atoms with Crippen molar-refractivity contribution >= 4 is 12.0 Å². The number of benzene rings is 2. The first kappa shape index (κ1) is 23.5. The van der Waals surface area contributed by atoms with Gasteiger partial charge in [-0.3, -0.25) is 4.79 Å². The maximum atomic E-state index is 13.9. The molecule has 2 N–H and O–H groups in total. The Hall–Kier alpha value is -3.65. The van der Waals surface area contributed by atoms with Crippen LogP contribution in [0.3, 0.4) is 0 Å². The number of aromatic nitrogens is 2. The molecule has 2 heterocycles. The number of piperazine rings is 1. The predicted molar refractivity (Wildman–Crippen MR) is 129 cm³/mol. The number of carbonyl (C=O) groups excluding carboxylic acids is 1. The predicted octanol–water partition coefficient (Wildman–Crippen LogP) is 3.37. The quantitative estimate of drug-likeness (QED) is 0.585. The highest BCUT2D eigenvalue weighted by Gasteiger charge is 2.35. The summed E-state index contributed by atoms with van der Waals surface area (Å²) in [6.07, 6.45) is 1.15. The highest BCUT2D eigenvalue weighted by molar-refractivity contribution is 5.98. The highest BCUT2D eigenvalue weighted by atomic mass is 16.4. The number of aliphatic hydroxyl groups is 1. The molecule has 8 nitrogen and oxygen atoms in total. The van der Waals surface area contributed by atoms with E-state index in [1.165, 1.54) is 4.90 Å². The number of carbonyl (C=O) groups is 2. The molecule has 1 saturated heterocycles. The summed E-state index contributed by atoms with van der Waals surface area (Å²) < 4.78 is 1.81. The van der Waals surface area contributed by atoms with Crippen LogP contribution in [0.5, 0.6) is 0 Å². The van der Waals surface area contributed by atoms with Gasteiger partial charge in [0.15, 0.2) is 5.69 Å².